The molecule has 94 valence electrons. The lowest BCUT2D eigenvalue weighted by atomic mass is 10.3. The molecule has 1 aromatic heterocycles. The Balaban J connectivity index is 1.88. The van der Waals surface area contributed by atoms with Gasteiger partial charge in [-0.05, 0) is 46.7 Å². The topological polar surface area (TPSA) is 41.1 Å². The molecule has 1 aromatic rings. The zero-order valence-corrected chi connectivity index (χ0v) is 11.2. The van der Waals surface area contributed by atoms with Gasteiger partial charge in [-0.2, -0.15) is 0 Å². The van der Waals surface area contributed by atoms with Gasteiger partial charge < -0.3 is 5.32 Å². The molecule has 0 aliphatic heterocycles. The quantitative estimate of drug-likeness (QED) is 0.846. The van der Waals surface area contributed by atoms with Crippen LogP contribution in [-0.4, -0.2) is 40.5 Å². The largest absolute Gasteiger partial charge is 0.353 e. The maximum Gasteiger partial charge on any atom is 0.223 e. The number of rotatable bonds is 5. The minimum Gasteiger partial charge on any atom is -0.353 e. The number of nitrogens with zero attached hydrogens (tertiary/aromatic N) is 3. The summed E-state index contributed by atoms with van der Waals surface area (Å²) in [6.07, 6.45) is 2.70. The molecule has 1 saturated carbocycles. The summed E-state index contributed by atoms with van der Waals surface area (Å²) in [5.74, 6) is 0.749. The summed E-state index contributed by atoms with van der Waals surface area (Å²) in [6, 6.07) is 3.31. The molecule has 2 rings (SSSR count). The van der Waals surface area contributed by atoms with Crippen LogP contribution in [0.5, 0.6) is 0 Å². The smallest absolute Gasteiger partial charge is 0.223 e. The van der Waals surface area contributed by atoms with E-state index in [-0.39, 0.29) is 0 Å². The van der Waals surface area contributed by atoms with Crippen molar-refractivity contribution in [2.75, 3.05) is 18.9 Å². The van der Waals surface area contributed by atoms with E-state index in [4.69, 9.17) is 0 Å². The maximum absolute atomic E-state index is 4.39. The van der Waals surface area contributed by atoms with E-state index in [0.29, 0.717) is 6.04 Å². The second-order valence-corrected chi connectivity index (χ2v) is 5.10. The highest BCUT2D eigenvalue weighted by Crippen LogP contribution is 2.26. The van der Waals surface area contributed by atoms with Gasteiger partial charge in [-0.15, -0.1) is 0 Å². The Labute approximate surface area is 103 Å². The number of hydrogen-bond acceptors (Lipinski definition) is 4. The van der Waals surface area contributed by atoms with Crippen molar-refractivity contribution in [2.24, 2.45) is 0 Å². The van der Waals surface area contributed by atoms with Gasteiger partial charge in [-0.1, -0.05) is 0 Å². The van der Waals surface area contributed by atoms with Gasteiger partial charge in [-0.3, -0.25) is 4.90 Å². The summed E-state index contributed by atoms with van der Waals surface area (Å²) in [5.41, 5.74) is 2.03. The zero-order chi connectivity index (χ0) is 12.4. The van der Waals surface area contributed by atoms with Crippen molar-refractivity contribution < 1.29 is 0 Å². The van der Waals surface area contributed by atoms with E-state index in [2.05, 4.69) is 34.2 Å². The zero-order valence-electron chi connectivity index (χ0n) is 11.2. The molecule has 0 radical (unpaired) electrons. The number of aromatic nitrogens is 2. The molecule has 0 saturated heterocycles. The molecule has 4 nitrogen and oxygen atoms in total. The van der Waals surface area contributed by atoms with Gasteiger partial charge in [0.2, 0.25) is 5.95 Å². The molecular formula is C13H22N4. The molecule has 17 heavy (non-hydrogen) atoms. The van der Waals surface area contributed by atoms with Crippen LogP contribution in [0.15, 0.2) is 6.07 Å². The first kappa shape index (κ1) is 12.3. The lowest BCUT2D eigenvalue weighted by Gasteiger charge is -2.24. The van der Waals surface area contributed by atoms with Gasteiger partial charge in [-0.25, -0.2) is 9.97 Å². The molecule has 1 aliphatic rings. The summed E-state index contributed by atoms with van der Waals surface area (Å²) in [4.78, 5) is 11.2. The molecular weight excluding hydrogens is 212 g/mol. The second kappa shape index (κ2) is 5.00. The molecule has 0 spiro atoms. The van der Waals surface area contributed by atoms with Crippen molar-refractivity contribution in [3.8, 4) is 0 Å². The first-order valence-corrected chi connectivity index (χ1v) is 6.34. The van der Waals surface area contributed by atoms with Crippen molar-refractivity contribution in [3.63, 3.8) is 0 Å². The van der Waals surface area contributed by atoms with Crippen LogP contribution in [0.2, 0.25) is 0 Å². The molecule has 0 amide bonds. The van der Waals surface area contributed by atoms with E-state index in [0.717, 1.165) is 29.9 Å². The minimum atomic E-state index is 0.520. The molecule has 0 aromatic carbocycles. The fraction of sp³-hybridized carbons (Fsp3) is 0.692. The van der Waals surface area contributed by atoms with Crippen LogP contribution in [0, 0.1) is 13.8 Å². The molecule has 0 bridgehead atoms. The predicted octanol–water partition coefficient (Wildman–Crippen LogP) is 1.99. The van der Waals surface area contributed by atoms with Gasteiger partial charge in [0.15, 0.2) is 0 Å². The van der Waals surface area contributed by atoms with Crippen molar-refractivity contribution in [1.82, 2.24) is 14.9 Å². The summed E-state index contributed by atoms with van der Waals surface area (Å²) >= 11 is 0. The number of anilines is 1. The van der Waals surface area contributed by atoms with Crippen LogP contribution < -0.4 is 5.32 Å². The van der Waals surface area contributed by atoms with E-state index < -0.39 is 0 Å². The summed E-state index contributed by atoms with van der Waals surface area (Å²) in [5, 5.41) is 3.33. The summed E-state index contributed by atoms with van der Waals surface area (Å²) < 4.78 is 0. The van der Waals surface area contributed by atoms with Gasteiger partial charge >= 0.3 is 0 Å². The van der Waals surface area contributed by atoms with E-state index in [1.807, 2.05) is 19.9 Å². The van der Waals surface area contributed by atoms with Gasteiger partial charge in [0.1, 0.15) is 0 Å². The third-order valence-electron chi connectivity index (χ3n) is 3.36. The first-order chi connectivity index (χ1) is 8.06. The molecule has 1 atom stereocenters. The van der Waals surface area contributed by atoms with E-state index in [9.17, 15) is 0 Å². The van der Waals surface area contributed by atoms with Gasteiger partial charge in [0, 0.05) is 30.0 Å². The first-order valence-electron chi connectivity index (χ1n) is 6.34. The van der Waals surface area contributed by atoms with Crippen molar-refractivity contribution in [2.45, 2.75) is 45.7 Å². The molecule has 1 fully saturated rings. The Hall–Kier alpha value is -1.16. The van der Waals surface area contributed by atoms with Gasteiger partial charge in [0.25, 0.3) is 0 Å². The molecule has 1 aliphatic carbocycles. The monoisotopic (exact) mass is 234 g/mol. The Kier molecular flexibility index (Phi) is 3.62. The summed E-state index contributed by atoms with van der Waals surface area (Å²) in [7, 11) is 2.20. The normalized spacial score (nSPS) is 17.2. The fourth-order valence-corrected chi connectivity index (χ4v) is 2.03. The molecule has 1 N–H and O–H groups in total. The minimum absolute atomic E-state index is 0.520. The third kappa shape index (κ3) is 3.40. The fourth-order valence-electron chi connectivity index (χ4n) is 2.03. The van der Waals surface area contributed by atoms with Crippen LogP contribution >= 0.6 is 0 Å². The van der Waals surface area contributed by atoms with Crippen molar-refractivity contribution in [1.29, 1.82) is 0 Å². The molecule has 1 unspecified atom stereocenters. The van der Waals surface area contributed by atoms with Crippen LogP contribution in [0.3, 0.4) is 0 Å². The standard InChI is InChI=1S/C13H22N4/c1-9-7-10(2)16-13(15-9)14-8-11(3)17(4)12-5-6-12/h7,11-12H,5-6,8H2,1-4H3,(H,14,15,16). The number of aryl methyl sites for hydroxylation is 2. The average Bonchev–Trinajstić information content (AvgIpc) is 3.07. The van der Waals surface area contributed by atoms with Crippen molar-refractivity contribution >= 4 is 5.95 Å². The summed E-state index contributed by atoms with van der Waals surface area (Å²) in [6.45, 7) is 7.14. The Morgan fingerprint density at radius 3 is 2.47 bits per heavy atom. The number of hydrogen-bond donors (Lipinski definition) is 1. The highest BCUT2D eigenvalue weighted by Gasteiger charge is 2.28. The number of nitrogens with one attached hydrogen (secondary N) is 1. The van der Waals surface area contributed by atoms with Crippen molar-refractivity contribution in [3.05, 3.63) is 17.5 Å². The molecule has 4 heteroatoms. The highest BCUT2D eigenvalue weighted by molar-refractivity contribution is 5.27. The van der Waals surface area contributed by atoms with Gasteiger partial charge in [0.05, 0.1) is 0 Å². The van der Waals surface area contributed by atoms with E-state index in [1.165, 1.54) is 12.8 Å². The predicted molar refractivity (Wildman–Crippen MR) is 70.2 cm³/mol. The highest BCUT2D eigenvalue weighted by atomic mass is 15.2. The lowest BCUT2D eigenvalue weighted by Crippen LogP contribution is -2.36. The van der Waals surface area contributed by atoms with E-state index in [1.54, 1.807) is 0 Å². The van der Waals surface area contributed by atoms with Crippen LogP contribution in [0.25, 0.3) is 0 Å². The molecule has 1 heterocycles. The Morgan fingerprint density at radius 2 is 1.94 bits per heavy atom. The Bertz CT molecular complexity index is 367. The maximum atomic E-state index is 4.39. The third-order valence-corrected chi connectivity index (χ3v) is 3.36. The Morgan fingerprint density at radius 1 is 1.35 bits per heavy atom. The van der Waals surface area contributed by atoms with Crippen LogP contribution in [0.1, 0.15) is 31.2 Å². The van der Waals surface area contributed by atoms with Crippen LogP contribution in [0.4, 0.5) is 5.95 Å². The number of likely N-dealkylation sites (N-methyl/N-ethyl adjacent to an activating group) is 1. The SMILES string of the molecule is Cc1cc(C)nc(NCC(C)N(C)C2CC2)n1. The second-order valence-electron chi connectivity index (χ2n) is 5.10. The lowest BCUT2D eigenvalue weighted by molar-refractivity contribution is 0.257. The average molecular weight is 234 g/mol. The van der Waals surface area contributed by atoms with Crippen LogP contribution in [-0.2, 0) is 0 Å². The van der Waals surface area contributed by atoms with E-state index >= 15 is 0 Å².